The summed E-state index contributed by atoms with van der Waals surface area (Å²) >= 11 is 1.43. The molecule has 0 aromatic heterocycles. The van der Waals surface area contributed by atoms with Crippen LogP contribution in [-0.4, -0.2) is 42.9 Å². The molecule has 4 rings (SSSR count). The number of anilines is 1. The standard InChI is InChI=1S/C24H27N3O2S/c1-17-5-7-18(8-6-17)15-22-24(29)26-20-16-19(9-10-21(20)30-22)23(28)25-11-4-14-27-12-2-3-13-27/h5-10,15-16H,2-4,11-14H2,1H3,(H,25,28)(H,26,29)/b22-15+. The topological polar surface area (TPSA) is 61.4 Å². The molecule has 0 spiro atoms. The van der Waals surface area contributed by atoms with Crippen molar-refractivity contribution in [2.75, 3.05) is 31.5 Å². The van der Waals surface area contributed by atoms with Gasteiger partial charge in [0.05, 0.1) is 10.6 Å². The van der Waals surface area contributed by atoms with Crippen molar-refractivity contribution in [2.24, 2.45) is 0 Å². The molecular weight excluding hydrogens is 394 g/mol. The number of thioether (sulfide) groups is 1. The number of rotatable bonds is 6. The van der Waals surface area contributed by atoms with E-state index in [1.165, 1.54) is 43.3 Å². The SMILES string of the molecule is Cc1ccc(/C=C2/Sc3ccc(C(=O)NCCCN4CCCC4)cc3NC2=O)cc1. The van der Waals surface area contributed by atoms with Crippen LogP contribution in [0.15, 0.2) is 52.3 Å². The van der Waals surface area contributed by atoms with Gasteiger partial charge in [0.2, 0.25) is 0 Å². The Kier molecular flexibility index (Phi) is 6.55. The molecule has 2 heterocycles. The Morgan fingerprint density at radius 2 is 1.93 bits per heavy atom. The van der Waals surface area contributed by atoms with E-state index in [1.807, 2.05) is 49.4 Å². The molecule has 0 unspecified atom stereocenters. The van der Waals surface area contributed by atoms with Gasteiger partial charge in [0.1, 0.15) is 0 Å². The number of benzene rings is 2. The maximum absolute atomic E-state index is 12.5. The van der Waals surface area contributed by atoms with Crippen LogP contribution in [0.2, 0.25) is 0 Å². The van der Waals surface area contributed by atoms with E-state index in [0.29, 0.717) is 22.7 Å². The molecule has 0 bridgehead atoms. The lowest BCUT2D eigenvalue weighted by Crippen LogP contribution is -2.28. The van der Waals surface area contributed by atoms with Gasteiger partial charge in [-0.3, -0.25) is 9.59 Å². The largest absolute Gasteiger partial charge is 0.352 e. The Balaban J connectivity index is 1.37. The molecular formula is C24H27N3O2S. The van der Waals surface area contributed by atoms with Gasteiger partial charge in [0, 0.05) is 17.0 Å². The summed E-state index contributed by atoms with van der Waals surface area (Å²) in [6.07, 6.45) is 5.42. The normalized spacial score (nSPS) is 17.6. The Labute approximate surface area is 181 Å². The first-order valence-electron chi connectivity index (χ1n) is 10.5. The average molecular weight is 422 g/mol. The van der Waals surface area contributed by atoms with Crippen molar-refractivity contribution < 1.29 is 9.59 Å². The number of hydrogen-bond acceptors (Lipinski definition) is 4. The second kappa shape index (κ2) is 9.49. The van der Waals surface area contributed by atoms with Crippen LogP contribution in [0.25, 0.3) is 6.08 Å². The van der Waals surface area contributed by atoms with Gasteiger partial charge in [-0.05, 0) is 75.7 Å². The van der Waals surface area contributed by atoms with E-state index in [9.17, 15) is 9.59 Å². The molecule has 0 aliphatic carbocycles. The summed E-state index contributed by atoms with van der Waals surface area (Å²) in [7, 11) is 0. The number of fused-ring (bicyclic) bond motifs is 1. The fraction of sp³-hybridized carbons (Fsp3) is 0.333. The molecule has 156 valence electrons. The van der Waals surface area contributed by atoms with Gasteiger partial charge < -0.3 is 15.5 Å². The number of amides is 2. The number of hydrogen-bond donors (Lipinski definition) is 2. The Morgan fingerprint density at radius 1 is 1.17 bits per heavy atom. The van der Waals surface area contributed by atoms with Crippen molar-refractivity contribution in [3.05, 3.63) is 64.1 Å². The maximum atomic E-state index is 12.5. The van der Waals surface area contributed by atoms with E-state index in [4.69, 9.17) is 0 Å². The van der Waals surface area contributed by atoms with Crippen LogP contribution < -0.4 is 10.6 Å². The quantitative estimate of drug-likeness (QED) is 0.539. The number of likely N-dealkylation sites (tertiary alicyclic amines) is 1. The molecule has 2 aliphatic rings. The maximum Gasteiger partial charge on any atom is 0.262 e. The van der Waals surface area contributed by atoms with Gasteiger partial charge in [-0.1, -0.05) is 41.6 Å². The minimum absolute atomic E-state index is 0.0977. The van der Waals surface area contributed by atoms with Crippen molar-refractivity contribution >= 4 is 35.3 Å². The molecule has 5 nitrogen and oxygen atoms in total. The highest BCUT2D eigenvalue weighted by atomic mass is 32.2. The van der Waals surface area contributed by atoms with E-state index in [1.54, 1.807) is 6.07 Å². The minimum atomic E-state index is -0.142. The molecule has 2 N–H and O–H groups in total. The first kappa shape index (κ1) is 20.7. The summed E-state index contributed by atoms with van der Waals surface area (Å²) in [5, 5.41) is 5.92. The lowest BCUT2D eigenvalue weighted by atomic mass is 10.1. The third-order valence-corrected chi connectivity index (χ3v) is 6.54. The second-order valence-electron chi connectivity index (χ2n) is 7.84. The van der Waals surface area contributed by atoms with Gasteiger partial charge in [-0.2, -0.15) is 0 Å². The number of nitrogens with zero attached hydrogens (tertiary/aromatic N) is 1. The Morgan fingerprint density at radius 3 is 2.70 bits per heavy atom. The molecule has 30 heavy (non-hydrogen) atoms. The lowest BCUT2D eigenvalue weighted by Gasteiger charge is -2.19. The van der Waals surface area contributed by atoms with Gasteiger partial charge in [0.25, 0.3) is 11.8 Å². The minimum Gasteiger partial charge on any atom is -0.352 e. The van der Waals surface area contributed by atoms with E-state index < -0.39 is 0 Å². The number of nitrogens with one attached hydrogen (secondary N) is 2. The molecule has 1 fully saturated rings. The molecule has 0 radical (unpaired) electrons. The smallest absolute Gasteiger partial charge is 0.262 e. The molecule has 2 amide bonds. The van der Waals surface area contributed by atoms with Crippen LogP contribution in [0.3, 0.4) is 0 Å². The van der Waals surface area contributed by atoms with Gasteiger partial charge in [-0.25, -0.2) is 0 Å². The average Bonchev–Trinajstić information content (AvgIpc) is 3.26. The third kappa shape index (κ3) is 5.12. The summed E-state index contributed by atoms with van der Waals surface area (Å²) in [6.45, 7) is 6.09. The monoisotopic (exact) mass is 421 g/mol. The van der Waals surface area contributed by atoms with Crippen LogP contribution >= 0.6 is 11.8 Å². The van der Waals surface area contributed by atoms with E-state index in [0.717, 1.165) is 23.4 Å². The number of carbonyl (C=O) groups excluding carboxylic acids is 2. The molecule has 0 atom stereocenters. The van der Waals surface area contributed by atoms with Crippen LogP contribution in [0, 0.1) is 6.92 Å². The Bertz CT molecular complexity index is 963. The highest BCUT2D eigenvalue weighted by molar-refractivity contribution is 8.04. The molecule has 2 aromatic carbocycles. The fourth-order valence-electron chi connectivity index (χ4n) is 3.73. The predicted octanol–water partition coefficient (Wildman–Crippen LogP) is 4.30. The summed E-state index contributed by atoms with van der Waals surface area (Å²) in [5.41, 5.74) is 3.44. The van der Waals surface area contributed by atoms with E-state index >= 15 is 0 Å². The van der Waals surface area contributed by atoms with Crippen molar-refractivity contribution in [3.63, 3.8) is 0 Å². The van der Waals surface area contributed by atoms with Crippen molar-refractivity contribution in [1.82, 2.24) is 10.2 Å². The van der Waals surface area contributed by atoms with Gasteiger partial charge in [0.15, 0.2) is 0 Å². The zero-order valence-corrected chi connectivity index (χ0v) is 18.1. The van der Waals surface area contributed by atoms with Crippen LogP contribution in [-0.2, 0) is 4.79 Å². The molecule has 6 heteroatoms. The predicted molar refractivity (Wildman–Crippen MR) is 123 cm³/mol. The second-order valence-corrected chi connectivity index (χ2v) is 8.93. The van der Waals surface area contributed by atoms with Crippen molar-refractivity contribution in [1.29, 1.82) is 0 Å². The van der Waals surface area contributed by atoms with Crippen LogP contribution in [0.4, 0.5) is 5.69 Å². The fourth-order valence-corrected chi connectivity index (χ4v) is 4.66. The lowest BCUT2D eigenvalue weighted by molar-refractivity contribution is -0.112. The van der Waals surface area contributed by atoms with E-state index in [2.05, 4.69) is 15.5 Å². The van der Waals surface area contributed by atoms with Gasteiger partial charge >= 0.3 is 0 Å². The molecule has 1 saturated heterocycles. The van der Waals surface area contributed by atoms with Crippen LogP contribution in [0.5, 0.6) is 0 Å². The van der Waals surface area contributed by atoms with E-state index in [-0.39, 0.29) is 11.8 Å². The molecule has 0 saturated carbocycles. The molecule has 2 aromatic rings. The van der Waals surface area contributed by atoms with Crippen LogP contribution in [0.1, 0.15) is 40.7 Å². The van der Waals surface area contributed by atoms with Crippen molar-refractivity contribution in [3.8, 4) is 0 Å². The number of carbonyl (C=O) groups is 2. The van der Waals surface area contributed by atoms with Crippen molar-refractivity contribution in [2.45, 2.75) is 31.1 Å². The summed E-state index contributed by atoms with van der Waals surface area (Å²) < 4.78 is 0. The Hall–Kier alpha value is -2.57. The summed E-state index contributed by atoms with van der Waals surface area (Å²) in [4.78, 5) is 29.1. The zero-order valence-electron chi connectivity index (χ0n) is 17.2. The van der Waals surface area contributed by atoms with Gasteiger partial charge in [-0.15, -0.1) is 0 Å². The summed E-state index contributed by atoms with van der Waals surface area (Å²) in [6, 6.07) is 13.6. The first-order chi connectivity index (χ1) is 14.6. The highest BCUT2D eigenvalue weighted by Crippen LogP contribution is 2.39. The highest BCUT2D eigenvalue weighted by Gasteiger charge is 2.22. The zero-order chi connectivity index (χ0) is 20.9. The third-order valence-electron chi connectivity index (χ3n) is 5.44. The molecule has 2 aliphatic heterocycles. The number of aryl methyl sites for hydroxylation is 1. The summed E-state index contributed by atoms with van der Waals surface area (Å²) in [5.74, 6) is -0.240. The first-order valence-corrected chi connectivity index (χ1v) is 11.3.